The van der Waals surface area contributed by atoms with Crippen LogP contribution in [-0.2, 0) is 10.0 Å². The lowest BCUT2D eigenvalue weighted by atomic mass is 9.81. The van der Waals surface area contributed by atoms with Gasteiger partial charge in [-0.05, 0) is 31.1 Å². The summed E-state index contributed by atoms with van der Waals surface area (Å²) in [7, 11) is -3.22. The molecule has 1 aliphatic carbocycles. The monoisotopic (exact) mass is 303 g/mol. The van der Waals surface area contributed by atoms with Crippen LogP contribution in [0.3, 0.4) is 0 Å². The molecule has 1 N–H and O–H groups in total. The third-order valence-electron chi connectivity index (χ3n) is 4.50. The maximum atomic E-state index is 12.7. The molecule has 1 aliphatic heterocycles. The minimum atomic E-state index is -3.22. The Morgan fingerprint density at radius 2 is 1.75 bits per heavy atom. The highest BCUT2D eigenvalue weighted by atomic mass is 32.2. The van der Waals surface area contributed by atoms with Crippen LogP contribution in [0.1, 0.15) is 59.3 Å². The van der Waals surface area contributed by atoms with Gasteiger partial charge in [0, 0.05) is 18.5 Å². The molecule has 4 nitrogen and oxygen atoms in total. The molecular weight excluding hydrogens is 274 g/mol. The molecule has 0 aromatic heterocycles. The zero-order valence-electron chi connectivity index (χ0n) is 13.0. The van der Waals surface area contributed by atoms with Crippen LogP contribution in [0.15, 0.2) is 0 Å². The molecule has 0 bridgehead atoms. The molecular formula is C15H29NO3S. The first-order valence-corrected chi connectivity index (χ1v) is 9.49. The summed E-state index contributed by atoms with van der Waals surface area (Å²) in [5.74, 6) is 0.334. The lowest BCUT2D eigenvalue weighted by molar-refractivity contribution is 0.0385. The molecule has 3 atom stereocenters. The summed E-state index contributed by atoms with van der Waals surface area (Å²) in [5.41, 5.74) is -0.225. The smallest absolute Gasteiger partial charge is 0.214 e. The fraction of sp³-hybridized carbons (Fsp3) is 1.00. The van der Waals surface area contributed by atoms with Crippen molar-refractivity contribution in [3.05, 3.63) is 0 Å². The van der Waals surface area contributed by atoms with Crippen molar-refractivity contribution in [2.24, 2.45) is 11.3 Å². The van der Waals surface area contributed by atoms with E-state index in [1.165, 1.54) is 0 Å². The molecule has 1 saturated carbocycles. The van der Waals surface area contributed by atoms with Gasteiger partial charge >= 0.3 is 0 Å². The predicted octanol–water partition coefficient (Wildman–Crippen LogP) is 2.38. The Balaban J connectivity index is 2.14. The van der Waals surface area contributed by atoms with Crippen molar-refractivity contribution in [1.29, 1.82) is 0 Å². The molecule has 5 heteroatoms. The van der Waals surface area contributed by atoms with E-state index in [1.54, 1.807) is 4.31 Å². The molecule has 118 valence electrons. The zero-order chi connectivity index (χ0) is 15.0. The van der Waals surface area contributed by atoms with E-state index in [2.05, 4.69) is 0 Å². The first kappa shape index (κ1) is 16.2. The Kier molecular flexibility index (Phi) is 4.82. The molecule has 0 amide bonds. The summed E-state index contributed by atoms with van der Waals surface area (Å²) >= 11 is 0. The second kappa shape index (κ2) is 5.93. The Morgan fingerprint density at radius 1 is 1.10 bits per heavy atom. The van der Waals surface area contributed by atoms with Crippen LogP contribution in [0.2, 0.25) is 0 Å². The van der Waals surface area contributed by atoms with E-state index in [9.17, 15) is 13.5 Å². The van der Waals surface area contributed by atoms with Crippen LogP contribution in [0.4, 0.5) is 0 Å². The second-order valence-electron chi connectivity index (χ2n) is 7.65. The van der Waals surface area contributed by atoms with Crippen molar-refractivity contribution in [2.75, 3.05) is 12.3 Å². The molecule has 0 spiro atoms. The highest BCUT2D eigenvalue weighted by Gasteiger charge is 2.42. The fourth-order valence-electron chi connectivity index (χ4n) is 3.76. The molecule has 0 radical (unpaired) electrons. The third-order valence-corrected chi connectivity index (χ3v) is 6.90. The Morgan fingerprint density at radius 3 is 2.35 bits per heavy atom. The van der Waals surface area contributed by atoms with E-state index in [4.69, 9.17) is 0 Å². The summed E-state index contributed by atoms with van der Waals surface area (Å²) in [6, 6.07) is 0.0256. The van der Waals surface area contributed by atoms with Gasteiger partial charge in [0.2, 0.25) is 10.0 Å². The predicted molar refractivity (Wildman–Crippen MR) is 80.9 cm³/mol. The van der Waals surface area contributed by atoms with Gasteiger partial charge in [-0.2, -0.15) is 4.31 Å². The van der Waals surface area contributed by atoms with Gasteiger partial charge in [0.1, 0.15) is 0 Å². The Labute approximate surface area is 123 Å². The van der Waals surface area contributed by atoms with Crippen molar-refractivity contribution < 1.29 is 13.5 Å². The first-order valence-electron chi connectivity index (χ1n) is 7.88. The molecule has 2 rings (SSSR count). The van der Waals surface area contributed by atoms with Crippen molar-refractivity contribution in [2.45, 2.75) is 71.4 Å². The first-order chi connectivity index (χ1) is 9.21. The average Bonchev–Trinajstić information content (AvgIpc) is 2.75. The third kappa shape index (κ3) is 3.74. The van der Waals surface area contributed by atoms with Gasteiger partial charge < -0.3 is 5.11 Å². The van der Waals surface area contributed by atoms with E-state index in [1.807, 2.05) is 20.8 Å². The van der Waals surface area contributed by atoms with Gasteiger partial charge in [-0.25, -0.2) is 8.42 Å². The number of hydrogen-bond donors (Lipinski definition) is 1. The molecule has 1 heterocycles. The van der Waals surface area contributed by atoms with E-state index in [0.29, 0.717) is 6.54 Å². The van der Waals surface area contributed by atoms with Crippen LogP contribution >= 0.6 is 0 Å². The second-order valence-corrected chi connectivity index (χ2v) is 9.57. The number of nitrogens with zero attached hydrogens (tertiary/aromatic N) is 1. The standard InChI is InChI=1S/C15H29NO3S/c1-15(2,3)11-20(18,19)16-10-6-8-13(16)12-7-4-5-9-14(12)17/h12-14,17H,4-11H2,1-3H3. The number of aliphatic hydroxyl groups excluding tert-OH is 1. The van der Waals surface area contributed by atoms with Crippen LogP contribution in [0, 0.1) is 11.3 Å². The van der Waals surface area contributed by atoms with Crippen molar-refractivity contribution in [3.63, 3.8) is 0 Å². The minimum absolute atomic E-state index is 0.0256. The summed E-state index contributed by atoms with van der Waals surface area (Å²) in [6.45, 7) is 6.52. The number of aliphatic hydroxyl groups is 1. The van der Waals surface area contributed by atoms with E-state index in [0.717, 1.165) is 38.5 Å². The summed E-state index contributed by atoms with van der Waals surface area (Å²) in [4.78, 5) is 0. The lowest BCUT2D eigenvalue weighted by Crippen LogP contribution is -2.47. The molecule has 0 aromatic rings. The van der Waals surface area contributed by atoms with Gasteiger partial charge in [0.25, 0.3) is 0 Å². The van der Waals surface area contributed by atoms with Crippen LogP contribution in [0.5, 0.6) is 0 Å². The molecule has 2 aliphatic rings. The van der Waals surface area contributed by atoms with Gasteiger partial charge in [-0.1, -0.05) is 33.6 Å². The van der Waals surface area contributed by atoms with Gasteiger partial charge in [-0.15, -0.1) is 0 Å². The highest BCUT2D eigenvalue weighted by Crippen LogP contribution is 2.36. The maximum absolute atomic E-state index is 12.7. The summed E-state index contributed by atoms with van der Waals surface area (Å²) < 4.78 is 27.0. The van der Waals surface area contributed by atoms with Crippen molar-refractivity contribution in [1.82, 2.24) is 4.31 Å². The SMILES string of the molecule is CC(C)(C)CS(=O)(=O)N1CCCC1C1CCCCC1O. The van der Waals surface area contributed by atoms with Gasteiger partial charge in [-0.3, -0.25) is 0 Å². The molecule has 1 saturated heterocycles. The highest BCUT2D eigenvalue weighted by molar-refractivity contribution is 7.89. The van der Waals surface area contributed by atoms with Crippen LogP contribution in [0.25, 0.3) is 0 Å². The summed E-state index contributed by atoms with van der Waals surface area (Å²) in [5, 5.41) is 10.2. The topological polar surface area (TPSA) is 57.6 Å². The van der Waals surface area contributed by atoms with Gasteiger partial charge in [0.15, 0.2) is 0 Å². The fourth-order valence-corrected chi connectivity index (χ4v) is 6.10. The zero-order valence-corrected chi connectivity index (χ0v) is 13.8. The Bertz CT molecular complexity index is 427. The quantitative estimate of drug-likeness (QED) is 0.871. The molecule has 0 aromatic carbocycles. The molecule has 2 fully saturated rings. The number of sulfonamides is 1. The Hall–Kier alpha value is -0.130. The normalized spacial score (nSPS) is 33.5. The molecule has 20 heavy (non-hydrogen) atoms. The average molecular weight is 303 g/mol. The minimum Gasteiger partial charge on any atom is -0.393 e. The largest absolute Gasteiger partial charge is 0.393 e. The number of rotatable bonds is 3. The van der Waals surface area contributed by atoms with Crippen LogP contribution in [-0.4, -0.2) is 42.3 Å². The van der Waals surface area contributed by atoms with E-state index in [-0.39, 0.29) is 29.2 Å². The number of hydrogen-bond acceptors (Lipinski definition) is 3. The van der Waals surface area contributed by atoms with Crippen LogP contribution < -0.4 is 0 Å². The molecule has 3 unspecified atom stereocenters. The maximum Gasteiger partial charge on any atom is 0.214 e. The van der Waals surface area contributed by atoms with Crippen molar-refractivity contribution in [3.8, 4) is 0 Å². The van der Waals surface area contributed by atoms with E-state index < -0.39 is 10.0 Å². The van der Waals surface area contributed by atoms with E-state index >= 15 is 0 Å². The van der Waals surface area contributed by atoms with Gasteiger partial charge in [0.05, 0.1) is 11.9 Å². The summed E-state index contributed by atoms with van der Waals surface area (Å²) in [6.07, 6.45) is 5.49. The lowest BCUT2D eigenvalue weighted by Gasteiger charge is -2.37. The van der Waals surface area contributed by atoms with Crippen molar-refractivity contribution >= 4 is 10.0 Å².